The molecule has 0 atom stereocenters. The van der Waals surface area contributed by atoms with Gasteiger partial charge in [0.05, 0.1) is 6.42 Å². The molecule has 1 aliphatic carbocycles. The van der Waals surface area contributed by atoms with E-state index in [-0.39, 0.29) is 12.5 Å². The molecule has 0 heterocycles. The zero-order chi connectivity index (χ0) is 14.0. The number of nitrogens with zero attached hydrogens (tertiary/aromatic N) is 1. The highest BCUT2D eigenvalue weighted by atomic mass is 19.4. The van der Waals surface area contributed by atoms with Crippen molar-refractivity contribution in [3.63, 3.8) is 0 Å². The number of carbonyl (C=O) groups is 1. The van der Waals surface area contributed by atoms with Crippen LogP contribution in [0.5, 0.6) is 0 Å². The van der Waals surface area contributed by atoms with E-state index in [1.807, 2.05) is 0 Å². The summed E-state index contributed by atoms with van der Waals surface area (Å²) in [7, 11) is 0. The molecular formula is C13H15F3N2O. The molecular weight excluding hydrogens is 257 g/mol. The fraction of sp³-hybridized carbons (Fsp3) is 0.462. The Bertz CT molecular complexity index is 469. The first-order chi connectivity index (χ1) is 8.85. The van der Waals surface area contributed by atoms with Crippen molar-refractivity contribution in [2.75, 3.05) is 12.3 Å². The van der Waals surface area contributed by atoms with E-state index < -0.39 is 18.6 Å². The molecule has 104 valence electrons. The highest BCUT2D eigenvalue weighted by Gasteiger charge is 2.40. The number of rotatable bonds is 4. The van der Waals surface area contributed by atoms with E-state index in [9.17, 15) is 18.0 Å². The first kappa shape index (κ1) is 13.7. The third-order valence-electron chi connectivity index (χ3n) is 2.96. The minimum atomic E-state index is -4.35. The van der Waals surface area contributed by atoms with Crippen LogP contribution in [0.15, 0.2) is 24.3 Å². The molecule has 1 aromatic rings. The molecule has 2 N–H and O–H groups in total. The molecule has 19 heavy (non-hydrogen) atoms. The van der Waals surface area contributed by atoms with Gasteiger partial charge in [-0.25, -0.2) is 0 Å². The van der Waals surface area contributed by atoms with Gasteiger partial charge >= 0.3 is 6.18 Å². The fourth-order valence-electron chi connectivity index (χ4n) is 1.98. The summed E-state index contributed by atoms with van der Waals surface area (Å²) in [5.74, 6) is -0.495. The Hall–Kier alpha value is -1.72. The van der Waals surface area contributed by atoms with E-state index >= 15 is 0 Å². The molecule has 3 nitrogen and oxygen atoms in total. The van der Waals surface area contributed by atoms with Crippen LogP contribution in [0.2, 0.25) is 0 Å². The number of carbonyl (C=O) groups excluding carboxylic acids is 1. The van der Waals surface area contributed by atoms with Crippen LogP contribution in [0.3, 0.4) is 0 Å². The summed E-state index contributed by atoms with van der Waals surface area (Å²) in [4.78, 5) is 12.9. The Balaban J connectivity index is 2.03. The number of benzene rings is 1. The molecule has 0 radical (unpaired) electrons. The van der Waals surface area contributed by atoms with E-state index in [4.69, 9.17) is 5.73 Å². The van der Waals surface area contributed by atoms with E-state index in [1.54, 1.807) is 24.3 Å². The maximum atomic E-state index is 12.4. The lowest BCUT2D eigenvalue weighted by Crippen LogP contribution is -2.41. The number of nitrogen functional groups attached to an aromatic ring is 1. The van der Waals surface area contributed by atoms with Crippen molar-refractivity contribution in [3.05, 3.63) is 29.8 Å². The average Bonchev–Trinajstić information content (AvgIpc) is 3.08. The van der Waals surface area contributed by atoms with E-state index in [0.717, 1.165) is 4.90 Å². The first-order valence-electron chi connectivity index (χ1n) is 6.06. The number of hydrogen-bond acceptors (Lipinski definition) is 2. The number of hydrogen-bond donors (Lipinski definition) is 1. The van der Waals surface area contributed by atoms with Gasteiger partial charge in [-0.05, 0) is 30.5 Å². The first-order valence-corrected chi connectivity index (χ1v) is 6.06. The summed E-state index contributed by atoms with van der Waals surface area (Å²) >= 11 is 0. The highest BCUT2D eigenvalue weighted by molar-refractivity contribution is 5.79. The molecule has 0 unspecified atom stereocenters. The van der Waals surface area contributed by atoms with Crippen LogP contribution in [-0.2, 0) is 11.2 Å². The van der Waals surface area contributed by atoms with Crippen molar-refractivity contribution in [2.24, 2.45) is 0 Å². The van der Waals surface area contributed by atoms with Gasteiger partial charge in [0.1, 0.15) is 6.54 Å². The lowest BCUT2D eigenvalue weighted by molar-refractivity contribution is -0.162. The molecule has 1 amide bonds. The SMILES string of the molecule is Nc1cccc(CC(=O)N(CC(F)(F)F)C2CC2)c1. The summed E-state index contributed by atoms with van der Waals surface area (Å²) < 4.78 is 37.3. The van der Waals surface area contributed by atoms with Gasteiger partial charge < -0.3 is 10.6 Å². The van der Waals surface area contributed by atoms with Gasteiger partial charge in [0.25, 0.3) is 0 Å². The highest BCUT2D eigenvalue weighted by Crippen LogP contribution is 2.30. The molecule has 1 saturated carbocycles. The smallest absolute Gasteiger partial charge is 0.399 e. The van der Waals surface area contributed by atoms with E-state index in [0.29, 0.717) is 24.1 Å². The van der Waals surface area contributed by atoms with Crippen molar-refractivity contribution in [2.45, 2.75) is 31.5 Å². The normalized spacial score (nSPS) is 15.3. The minimum absolute atomic E-state index is 0.0440. The molecule has 2 rings (SSSR count). The molecule has 1 fully saturated rings. The van der Waals surface area contributed by atoms with Gasteiger partial charge in [-0.2, -0.15) is 13.2 Å². The molecule has 0 aromatic heterocycles. The number of anilines is 1. The third kappa shape index (κ3) is 4.15. The quantitative estimate of drug-likeness (QED) is 0.855. The molecule has 0 aliphatic heterocycles. The third-order valence-corrected chi connectivity index (χ3v) is 2.96. The summed E-state index contributed by atoms with van der Waals surface area (Å²) in [6.07, 6.45) is -3.09. The van der Waals surface area contributed by atoms with Crippen molar-refractivity contribution < 1.29 is 18.0 Å². The second-order valence-corrected chi connectivity index (χ2v) is 4.79. The molecule has 0 saturated heterocycles. The number of halogens is 3. The summed E-state index contributed by atoms with van der Waals surface area (Å²) in [5.41, 5.74) is 6.72. The Morgan fingerprint density at radius 1 is 1.37 bits per heavy atom. The van der Waals surface area contributed by atoms with Crippen molar-refractivity contribution in [1.29, 1.82) is 0 Å². The van der Waals surface area contributed by atoms with Gasteiger partial charge in [-0.3, -0.25) is 4.79 Å². The van der Waals surface area contributed by atoms with E-state index in [2.05, 4.69) is 0 Å². The Morgan fingerprint density at radius 3 is 2.58 bits per heavy atom. The van der Waals surface area contributed by atoms with Gasteiger partial charge in [0.2, 0.25) is 5.91 Å². The van der Waals surface area contributed by atoms with Crippen LogP contribution in [0, 0.1) is 0 Å². The topological polar surface area (TPSA) is 46.3 Å². The average molecular weight is 272 g/mol. The fourth-order valence-corrected chi connectivity index (χ4v) is 1.98. The maximum Gasteiger partial charge on any atom is 0.406 e. The van der Waals surface area contributed by atoms with Crippen molar-refractivity contribution in [1.82, 2.24) is 4.90 Å². The zero-order valence-corrected chi connectivity index (χ0v) is 10.3. The van der Waals surface area contributed by atoms with Crippen LogP contribution in [0.1, 0.15) is 18.4 Å². The zero-order valence-electron chi connectivity index (χ0n) is 10.3. The van der Waals surface area contributed by atoms with Gasteiger partial charge in [0.15, 0.2) is 0 Å². The Morgan fingerprint density at radius 2 is 2.05 bits per heavy atom. The van der Waals surface area contributed by atoms with Gasteiger partial charge in [-0.15, -0.1) is 0 Å². The largest absolute Gasteiger partial charge is 0.406 e. The van der Waals surface area contributed by atoms with Crippen LogP contribution >= 0.6 is 0 Å². The molecule has 0 bridgehead atoms. The minimum Gasteiger partial charge on any atom is -0.399 e. The Labute approximate surface area is 109 Å². The number of amides is 1. The number of alkyl halides is 3. The van der Waals surface area contributed by atoms with Crippen molar-refractivity contribution >= 4 is 11.6 Å². The molecule has 1 aromatic carbocycles. The van der Waals surface area contributed by atoms with Crippen LogP contribution in [0.4, 0.5) is 18.9 Å². The second-order valence-electron chi connectivity index (χ2n) is 4.79. The molecule has 0 spiro atoms. The molecule has 6 heteroatoms. The lowest BCUT2D eigenvalue weighted by Gasteiger charge is -2.23. The van der Waals surface area contributed by atoms with Gasteiger partial charge in [0, 0.05) is 11.7 Å². The summed E-state index contributed by atoms with van der Waals surface area (Å²) in [5, 5.41) is 0. The van der Waals surface area contributed by atoms with Gasteiger partial charge in [-0.1, -0.05) is 12.1 Å². The summed E-state index contributed by atoms with van der Waals surface area (Å²) in [6.45, 7) is -1.17. The summed E-state index contributed by atoms with van der Waals surface area (Å²) in [6, 6.07) is 6.39. The second kappa shape index (κ2) is 5.11. The maximum absolute atomic E-state index is 12.4. The lowest BCUT2D eigenvalue weighted by atomic mass is 10.1. The van der Waals surface area contributed by atoms with Crippen LogP contribution < -0.4 is 5.73 Å². The molecule has 1 aliphatic rings. The monoisotopic (exact) mass is 272 g/mol. The predicted molar refractivity (Wildman–Crippen MR) is 65.3 cm³/mol. The van der Waals surface area contributed by atoms with Crippen LogP contribution in [0.25, 0.3) is 0 Å². The predicted octanol–water partition coefficient (Wildman–Crippen LogP) is 2.36. The van der Waals surface area contributed by atoms with Crippen molar-refractivity contribution in [3.8, 4) is 0 Å². The van der Waals surface area contributed by atoms with Crippen LogP contribution in [-0.4, -0.2) is 29.6 Å². The Kier molecular flexibility index (Phi) is 3.68. The van der Waals surface area contributed by atoms with E-state index in [1.165, 1.54) is 0 Å². The standard InChI is InChI=1S/C13H15F3N2O/c14-13(15,16)8-18(11-4-5-11)12(19)7-9-2-1-3-10(17)6-9/h1-3,6,11H,4-5,7-8,17H2. The number of nitrogens with two attached hydrogens (primary N) is 1.